The van der Waals surface area contributed by atoms with Crippen molar-refractivity contribution in [1.29, 1.82) is 0 Å². The molecule has 5 heteroatoms. The molecule has 3 nitrogen and oxygen atoms in total. The molecule has 78 valence electrons. The predicted molar refractivity (Wildman–Crippen MR) is 65.0 cm³/mol. The molecule has 0 saturated heterocycles. The number of hydrogen-bond donors (Lipinski definition) is 1. The highest BCUT2D eigenvalue weighted by Crippen LogP contribution is 2.35. The zero-order valence-electron chi connectivity index (χ0n) is 8.25. The maximum absolute atomic E-state index is 5.64. The van der Waals surface area contributed by atoms with E-state index in [1.165, 1.54) is 5.56 Å². The first kappa shape index (κ1) is 10.4. The molecule has 1 aromatic heterocycles. The normalized spacial score (nSPS) is 12.6. The fourth-order valence-corrected chi connectivity index (χ4v) is 2.95. The fraction of sp³-hybridized carbons (Fsp3) is 0.200. The van der Waals surface area contributed by atoms with Crippen molar-refractivity contribution in [2.45, 2.75) is 16.5 Å². The second-order valence-corrected chi connectivity index (χ2v) is 5.55. The minimum Gasteiger partial charge on any atom is -0.399 e. The van der Waals surface area contributed by atoms with Crippen LogP contribution in [0.1, 0.15) is 17.7 Å². The Morgan fingerprint density at radius 3 is 2.67 bits per heavy atom. The molecule has 1 unspecified atom stereocenters. The Morgan fingerprint density at radius 1 is 1.33 bits per heavy atom. The van der Waals surface area contributed by atoms with E-state index in [4.69, 9.17) is 5.73 Å². The molecule has 0 amide bonds. The molecule has 1 aromatic carbocycles. The number of nitrogen functional groups attached to an aromatic ring is 1. The number of benzene rings is 1. The van der Waals surface area contributed by atoms with Crippen LogP contribution in [-0.2, 0) is 0 Å². The van der Waals surface area contributed by atoms with E-state index in [9.17, 15) is 0 Å². The van der Waals surface area contributed by atoms with Gasteiger partial charge in [0.1, 0.15) is 5.51 Å². The molecule has 0 aliphatic carbocycles. The van der Waals surface area contributed by atoms with E-state index in [1.807, 2.05) is 24.3 Å². The van der Waals surface area contributed by atoms with E-state index >= 15 is 0 Å². The van der Waals surface area contributed by atoms with E-state index in [0.29, 0.717) is 5.25 Å². The van der Waals surface area contributed by atoms with Crippen LogP contribution in [0.15, 0.2) is 34.1 Å². The number of rotatable bonds is 3. The quantitative estimate of drug-likeness (QED) is 0.658. The Morgan fingerprint density at radius 2 is 2.07 bits per heavy atom. The van der Waals surface area contributed by atoms with Crippen LogP contribution in [-0.4, -0.2) is 10.2 Å². The van der Waals surface area contributed by atoms with Crippen molar-refractivity contribution in [1.82, 2.24) is 10.2 Å². The van der Waals surface area contributed by atoms with E-state index < -0.39 is 0 Å². The molecule has 0 fully saturated rings. The highest BCUT2D eigenvalue weighted by molar-refractivity contribution is 8.01. The molecule has 0 aliphatic rings. The lowest BCUT2D eigenvalue weighted by Gasteiger charge is -2.08. The molecule has 0 saturated carbocycles. The molecule has 0 radical (unpaired) electrons. The lowest BCUT2D eigenvalue weighted by atomic mass is 10.1. The minimum atomic E-state index is 0.374. The van der Waals surface area contributed by atoms with Crippen LogP contribution in [0, 0.1) is 0 Å². The predicted octanol–water partition coefficient (Wildman–Crippen LogP) is 2.97. The Hall–Kier alpha value is -1.07. The van der Waals surface area contributed by atoms with Crippen LogP contribution >= 0.6 is 23.1 Å². The van der Waals surface area contributed by atoms with Crippen LogP contribution in [0.25, 0.3) is 0 Å². The second-order valence-electron chi connectivity index (χ2n) is 3.13. The van der Waals surface area contributed by atoms with Crippen LogP contribution in [0.2, 0.25) is 0 Å². The first-order valence-electron chi connectivity index (χ1n) is 4.54. The number of nitrogens with zero attached hydrogens (tertiary/aromatic N) is 2. The Balaban J connectivity index is 2.08. The first-order chi connectivity index (χ1) is 7.25. The van der Waals surface area contributed by atoms with E-state index in [0.717, 1.165) is 10.0 Å². The van der Waals surface area contributed by atoms with Crippen molar-refractivity contribution in [3.63, 3.8) is 0 Å². The molecule has 1 atom stereocenters. The third-order valence-corrected chi connectivity index (χ3v) is 3.99. The SMILES string of the molecule is CC(Sc1nncs1)c1ccc(N)cc1. The van der Waals surface area contributed by atoms with Crippen molar-refractivity contribution in [3.8, 4) is 0 Å². The van der Waals surface area contributed by atoms with Crippen LogP contribution in [0.3, 0.4) is 0 Å². The van der Waals surface area contributed by atoms with Gasteiger partial charge < -0.3 is 5.73 Å². The second kappa shape index (κ2) is 4.63. The van der Waals surface area contributed by atoms with Gasteiger partial charge in [-0.15, -0.1) is 10.2 Å². The zero-order chi connectivity index (χ0) is 10.7. The van der Waals surface area contributed by atoms with Crippen molar-refractivity contribution in [3.05, 3.63) is 35.3 Å². The van der Waals surface area contributed by atoms with Gasteiger partial charge in [-0.25, -0.2) is 0 Å². The van der Waals surface area contributed by atoms with Crippen molar-refractivity contribution < 1.29 is 0 Å². The summed E-state index contributed by atoms with van der Waals surface area (Å²) in [6, 6.07) is 7.95. The molecule has 0 bridgehead atoms. The van der Waals surface area contributed by atoms with Crippen LogP contribution in [0.4, 0.5) is 5.69 Å². The van der Waals surface area contributed by atoms with Gasteiger partial charge in [0.25, 0.3) is 0 Å². The summed E-state index contributed by atoms with van der Waals surface area (Å²) < 4.78 is 0.999. The van der Waals surface area contributed by atoms with Crippen LogP contribution < -0.4 is 5.73 Å². The highest BCUT2D eigenvalue weighted by Gasteiger charge is 2.08. The van der Waals surface area contributed by atoms with Gasteiger partial charge in [-0.1, -0.05) is 35.2 Å². The number of thioether (sulfide) groups is 1. The third kappa shape index (κ3) is 2.70. The van der Waals surface area contributed by atoms with E-state index in [-0.39, 0.29) is 0 Å². The Kier molecular flexibility index (Phi) is 3.23. The molecule has 2 rings (SSSR count). The number of aromatic nitrogens is 2. The largest absolute Gasteiger partial charge is 0.399 e. The zero-order valence-corrected chi connectivity index (χ0v) is 9.89. The monoisotopic (exact) mass is 237 g/mol. The maximum Gasteiger partial charge on any atom is 0.174 e. The lowest BCUT2D eigenvalue weighted by Crippen LogP contribution is -1.90. The average Bonchev–Trinajstić information content (AvgIpc) is 2.71. The maximum atomic E-state index is 5.64. The summed E-state index contributed by atoms with van der Waals surface area (Å²) in [5, 5.41) is 8.19. The Bertz CT molecular complexity index is 411. The van der Waals surface area contributed by atoms with Crippen molar-refractivity contribution in [2.75, 3.05) is 5.73 Å². The van der Waals surface area contributed by atoms with E-state index in [2.05, 4.69) is 17.1 Å². The lowest BCUT2D eigenvalue weighted by molar-refractivity contribution is 0.999. The smallest absolute Gasteiger partial charge is 0.174 e. The number of hydrogen-bond acceptors (Lipinski definition) is 5. The van der Waals surface area contributed by atoms with Gasteiger partial charge in [0.15, 0.2) is 4.34 Å². The number of nitrogens with two attached hydrogens (primary N) is 1. The third-order valence-electron chi connectivity index (χ3n) is 2.02. The minimum absolute atomic E-state index is 0.374. The molecule has 0 spiro atoms. The summed E-state index contributed by atoms with van der Waals surface area (Å²) in [5.74, 6) is 0. The van der Waals surface area contributed by atoms with Crippen molar-refractivity contribution >= 4 is 28.8 Å². The molecular weight excluding hydrogens is 226 g/mol. The topological polar surface area (TPSA) is 51.8 Å². The van der Waals surface area contributed by atoms with E-state index in [1.54, 1.807) is 28.6 Å². The summed E-state index contributed by atoms with van der Waals surface area (Å²) in [4.78, 5) is 0. The first-order valence-corrected chi connectivity index (χ1v) is 6.30. The van der Waals surface area contributed by atoms with Gasteiger partial charge in [-0.3, -0.25) is 0 Å². The summed E-state index contributed by atoms with van der Waals surface area (Å²) in [5.41, 5.74) is 9.44. The highest BCUT2D eigenvalue weighted by atomic mass is 32.2. The standard InChI is InChI=1S/C10H11N3S2/c1-7(15-10-13-12-6-14-10)8-2-4-9(11)5-3-8/h2-7H,11H2,1H3. The summed E-state index contributed by atoms with van der Waals surface area (Å²) >= 11 is 3.28. The van der Waals surface area contributed by atoms with Gasteiger partial charge >= 0.3 is 0 Å². The van der Waals surface area contributed by atoms with Gasteiger partial charge in [-0.2, -0.15) is 0 Å². The Labute approximate surface area is 96.7 Å². The molecule has 2 aromatic rings. The number of anilines is 1. The molecular formula is C10H11N3S2. The van der Waals surface area contributed by atoms with Gasteiger partial charge in [0.05, 0.1) is 0 Å². The van der Waals surface area contributed by atoms with Gasteiger partial charge in [0, 0.05) is 10.9 Å². The average molecular weight is 237 g/mol. The fourth-order valence-electron chi connectivity index (χ4n) is 1.20. The summed E-state index contributed by atoms with van der Waals surface area (Å²) in [6.07, 6.45) is 0. The van der Waals surface area contributed by atoms with Crippen molar-refractivity contribution in [2.24, 2.45) is 0 Å². The summed E-state index contributed by atoms with van der Waals surface area (Å²) in [7, 11) is 0. The molecule has 0 aliphatic heterocycles. The van der Waals surface area contributed by atoms with Gasteiger partial charge in [-0.05, 0) is 24.6 Å². The molecule has 15 heavy (non-hydrogen) atoms. The van der Waals surface area contributed by atoms with Crippen LogP contribution in [0.5, 0.6) is 0 Å². The van der Waals surface area contributed by atoms with Gasteiger partial charge in [0.2, 0.25) is 0 Å². The summed E-state index contributed by atoms with van der Waals surface area (Å²) in [6.45, 7) is 2.15. The molecule has 2 N–H and O–H groups in total. The molecule has 1 heterocycles.